The van der Waals surface area contributed by atoms with Gasteiger partial charge in [0.25, 0.3) is 10.0 Å². The van der Waals surface area contributed by atoms with Gasteiger partial charge in [0.2, 0.25) is 0 Å². The van der Waals surface area contributed by atoms with Crippen LogP contribution in [-0.2, 0) is 10.0 Å². The number of anilines is 1. The van der Waals surface area contributed by atoms with Crippen molar-refractivity contribution in [2.24, 2.45) is 0 Å². The van der Waals surface area contributed by atoms with Crippen molar-refractivity contribution in [3.63, 3.8) is 0 Å². The molecule has 0 aliphatic heterocycles. The van der Waals surface area contributed by atoms with Gasteiger partial charge in [0.15, 0.2) is 0 Å². The van der Waals surface area contributed by atoms with Crippen molar-refractivity contribution in [2.45, 2.75) is 18.7 Å². The number of nitrogens with one attached hydrogen (secondary N) is 1. The molecule has 0 atom stereocenters. The van der Waals surface area contributed by atoms with Gasteiger partial charge in [-0.2, -0.15) is 0 Å². The lowest BCUT2D eigenvalue weighted by molar-refractivity contribution is 0.473. The molecule has 0 aliphatic rings. The highest BCUT2D eigenvalue weighted by Crippen LogP contribution is 2.31. The first-order valence-corrected chi connectivity index (χ1v) is 7.47. The first-order valence-electron chi connectivity index (χ1n) is 5.99. The van der Waals surface area contributed by atoms with Crippen molar-refractivity contribution in [1.82, 2.24) is 0 Å². The van der Waals surface area contributed by atoms with Crippen molar-refractivity contribution in [3.8, 4) is 5.75 Å². The summed E-state index contributed by atoms with van der Waals surface area (Å²) >= 11 is 0. The number of sulfonamides is 1. The molecule has 0 heterocycles. The summed E-state index contributed by atoms with van der Waals surface area (Å²) < 4.78 is 52.8. The van der Waals surface area contributed by atoms with Gasteiger partial charge in [-0.15, -0.1) is 0 Å². The summed E-state index contributed by atoms with van der Waals surface area (Å²) in [7, 11) is -4.27. The van der Waals surface area contributed by atoms with Gasteiger partial charge < -0.3 is 5.11 Å². The zero-order valence-corrected chi connectivity index (χ0v) is 12.1. The minimum atomic E-state index is -4.27. The van der Waals surface area contributed by atoms with Crippen LogP contribution in [-0.4, -0.2) is 13.5 Å². The third-order valence-electron chi connectivity index (χ3n) is 2.87. The van der Waals surface area contributed by atoms with Gasteiger partial charge in [0.05, 0.1) is 5.69 Å². The van der Waals surface area contributed by atoms with Crippen LogP contribution in [0.2, 0.25) is 0 Å². The SMILES string of the molecule is Cc1cc(C)c(O)c(NS(=O)(=O)c2ccc(F)cc2F)c1. The molecule has 2 rings (SSSR count). The molecular formula is C14H13F2NO3S. The average Bonchev–Trinajstić information content (AvgIpc) is 2.34. The van der Waals surface area contributed by atoms with Gasteiger partial charge in [0, 0.05) is 6.07 Å². The number of aryl methyl sites for hydroxylation is 2. The van der Waals surface area contributed by atoms with Crippen LogP contribution in [0.3, 0.4) is 0 Å². The van der Waals surface area contributed by atoms with Crippen molar-refractivity contribution < 1.29 is 22.3 Å². The second-order valence-corrected chi connectivity index (χ2v) is 6.31. The normalized spacial score (nSPS) is 11.4. The van der Waals surface area contributed by atoms with E-state index in [0.717, 1.165) is 17.7 Å². The fraction of sp³-hybridized carbons (Fsp3) is 0.143. The molecule has 0 fully saturated rings. The van der Waals surface area contributed by atoms with E-state index in [0.29, 0.717) is 11.6 Å². The van der Waals surface area contributed by atoms with Crippen LogP contribution in [0.4, 0.5) is 14.5 Å². The summed E-state index contributed by atoms with van der Waals surface area (Å²) in [5, 5.41) is 9.86. The maximum atomic E-state index is 13.6. The van der Waals surface area contributed by atoms with E-state index in [1.807, 2.05) is 0 Å². The number of phenols is 1. The molecule has 2 N–H and O–H groups in total. The molecule has 0 aliphatic carbocycles. The van der Waals surface area contributed by atoms with Crippen molar-refractivity contribution in [3.05, 3.63) is 53.1 Å². The number of aromatic hydroxyl groups is 1. The van der Waals surface area contributed by atoms with E-state index in [-0.39, 0.29) is 11.4 Å². The molecule has 0 aromatic heterocycles. The smallest absolute Gasteiger partial charge is 0.264 e. The minimum absolute atomic E-state index is 0.0591. The Morgan fingerprint density at radius 2 is 1.76 bits per heavy atom. The van der Waals surface area contributed by atoms with Crippen LogP contribution >= 0.6 is 0 Å². The third kappa shape index (κ3) is 3.13. The first-order chi connectivity index (χ1) is 9.70. The Balaban J connectivity index is 2.47. The third-order valence-corrected chi connectivity index (χ3v) is 4.27. The summed E-state index contributed by atoms with van der Waals surface area (Å²) in [6.45, 7) is 3.33. The average molecular weight is 313 g/mol. The summed E-state index contributed by atoms with van der Waals surface area (Å²) in [5.74, 6) is -2.32. The van der Waals surface area contributed by atoms with Gasteiger partial charge in [0.1, 0.15) is 22.3 Å². The lowest BCUT2D eigenvalue weighted by Gasteiger charge is -2.12. The zero-order valence-electron chi connectivity index (χ0n) is 11.3. The van der Waals surface area contributed by atoms with Crippen LogP contribution < -0.4 is 4.72 Å². The van der Waals surface area contributed by atoms with Gasteiger partial charge >= 0.3 is 0 Å². The Labute approximate surface area is 121 Å². The largest absolute Gasteiger partial charge is 0.505 e. The minimum Gasteiger partial charge on any atom is -0.505 e. The van der Waals surface area contributed by atoms with E-state index in [4.69, 9.17) is 0 Å². The van der Waals surface area contributed by atoms with E-state index >= 15 is 0 Å². The highest BCUT2D eigenvalue weighted by atomic mass is 32.2. The first kappa shape index (κ1) is 15.2. The second kappa shape index (κ2) is 5.33. The highest BCUT2D eigenvalue weighted by molar-refractivity contribution is 7.92. The molecule has 7 heteroatoms. The monoisotopic (exact) mass is 313 g/mol. The Morgan fingerprint density at radius 3 is 2.38 bits per heavy atom. The Morgan fingerprint density at radius 1 is 1.10 bits per heavy atom. The van der Waals surface area contributed by atoms with Gasteiger partial charge in [-0.25, -0.2) is 17.2 Å². The second-order valence-electron chi connectivity index (χ2n) is 4.66. The number of hydrogen-bond donors (Lipinski definition) is 2. The van der Waals surface area contributed by atoms with Crippen LogP contribution in [0.1, 0.15) is 11.1 Å². The molecule has 0 saturated carbocycles. The lowest BCUT2D eigenvalue weighted by Crippen LogP contribution is -2.15. The molecule has 4 nitrogen and oxygen atoms in total. The lowest BCUT2D eigenvalue weighted by atomic mass is 10.1. The van der Waals surface area contributed by atoms with Crippen LogP contribution in [0, 0.1) is 25.5 Å². The van der Waals surface area contributed by atoms with Crippen LogP contribution in [0.15, 0.2) is 35.2 Å². The number of hydrogen-bond acceptors (Lipinski definition) is 3. The quantitative estimate of drug-likeness (QED) is 0.856. The number of halogens is 2. The summed E-state index contributed by atoms with van der Waals surface area (Å²) in [6.07, 6.45) is 0. The van der Waals surface area contributed by atoms with Crippen LogP contribution in [0.25, 0.3) is 0 Å². The van der Waals surface area contributed by atoms with Crippen molar-refractivity contribution in [2.75, 3.05) is 4.72 Å². The molecule has 0 saturated heterocycles. The van der Waals surface area contributed by atoms with Crippen molar-refractivity contribution >= 4 is 15.7 Å². The van der Waals surface area contributed by atoms with Gasteiger partial charge in [-0.1, -0.05) is 6.07 Å². The summed E-state index contributed by atoms with van der Waals surface area (Å²) in [6, 6.07) is 5.24. The molecule has 0 amide bonds. The predicted octanol–water partition coefficient (Wildman–Crippen LogP) is 3.09. The summed E-state index contributed by atoms with van der Waals surface area (Å²) in [4.78, 5) is -0.692. The number of rotatable bonds is 3. The van der Waals surface area contributed by atoms with E-state index in [2.05, 4.69) is 4.72 Å². The van der Waals surface area contributed by atoms with E-state index in [1.165, 1.54) is 6.07 Å². The Kier molecular flexibility index (Phi) is 3.87. The summed E-state index contributed by atoms with van der Waals surface area (Å²) in [5.41, 5.74) is 1.14. The van der Waals surface area contributed by atoms with E-state index in [1.54, 1.807) is 19.9 Å². The fourth-order valence-corrected chi connectivity index (χ4v) is 3.05. The fourth-order valence-electron chi connectivity index (χ4n) is 1.93. The maximum Gasteiger partial charge on any atom is 0.264 e. The molecule has 21 heavy (non-hydrogen) atoms. The number of phenolic OH excluding ortho intramolecular Hbond substituents is 1. The van der Waals surface area contributed by atoms with Gasteiger partial charge in [-0.05, 0) is 43.2 Å². The predicted molar refractivity (Wildman–Crippen MR) is 74.7 cm³/mol. The molecule has 2 aromatic rings. The van der Waals surface area contributed by atoms with E-state index in [9.17, 15) is 22.3 Å². The standard InChI is InChI=1S/C14H13F2NO3S/c1-8-5-9(2)14(18)12(6-8)17-21(19,20)13-4-3-10(15)7-11(13)16/h3-7,17-18H,1-2H3. The van der Waals surface area contributed by atoms with Crippen molar-refractivity contribution in [1.29, 1.82) is 0 Å². The molecule has 0 radical (unpaired) electrons. The molecule has 112 valence electrons. The Bertz CT molecular complexity index is 804. The molecule has 0 spiro atoms. The molecule has 0 bridgehead atoms. The molecule has 0 unspecified atom stereocenters. The Hall–Kier alpha value is -2.15. The zero-order chi connectivity index (χ0) is 15.8. The van der Waals surface area contributed by atoms with Gasteiger partial charge in [-0.3, -0.25) is 4.72 Å². The van der Waals surface area contributed by atoms with Crippen LogP contribution in [0.5, 0.6) is 5.75 Å². The van der Waals surface area contributed by atoms with E-state index < -0.39 is 26.6 Å². The maximum absolute atomic E-state index is 13.6. The molecule has 2 aromatic carbocycles. The topological polar surface area (TPSA) is 66.4 Å². The molecular weight excluding hydrogens is 300 g/mol. The number of benzene rings is 2. The highest BCUT2D eigenvalue weighted by Gasteiger charge is 2.21.